The minimum Gasteiger partial charge on any atom is -0.475 e. The van der Waals surface area contributed by atoms with E-state index in [4.69, 9.17) is 10.5 Å². The molecule has 1 rings (SSSR count). The number of nitrogens with two attached hydrogens (primary N) is 1. The molecule has 2 N–H and O–H groups in total. The van der Waals surface area contributed by atoms with Crippen molar-refractivity contribution in [2.45, 2.75) is 39.8 Å². The maximum absolute atomic E-state index is 5.52. The second-order valence-electron chi connectivity index (χ2n) is 4.55. The third-order valence-electron chi connectivity index (χ3n) is 2.57. The van der Waals surface area contributed by atoms with Crippen LogP contribution in [-0.2, 0) is 0 Å². The molecule has 0 radical (unpaired) electrons. The van der Waals surface area contributed by atoms with Gasteiger partial charge in [-0.2, -0.15) is 0 Å². The van der Waals surface area contributed by atoms with E-state index in [-0.39, 0.29) is 0 Å². The molecule has 96 valence electrons. The van der Waals surface area contributed by atoms with Gasteiger partial charge >= 0.3 is 0 Å². The van der Waals surface area contributed by atoms with Gasteiger partial charge in [0.1, 0.15) is 12.4 Å². The summed E-state index contributed by atoms with van der Waals surface area (Å²) in [5, 5.41) is 0. The molecule has 0 aliphatic heterocycles. The molecule has 1 heterocycles. The van der Waals surface area contributed by atoms with Gasteiger partial charge in [-0.1, -0.05) is 0 Å². The van der Waals surface area contributed by atoms with Crippen LogP contribution in [0.4, 0.5) is 5.82 Å². The summed E-state index contributed by atoms with van der Waals surface area (Å²) in [7, 11) is 0. The number of nitrogen functional groups attached to an aromatic ring is 1. The summed E-state index contributed by atoms with van der Waals surface area (Å²) in [5.41, 5.74) is 5.45. The van der Waals surface area contributed by atoms with Crippen molar-refractivity contribution in [3.63, 3.8) is 0 Å². The molecule has 17 heavy (non-hydrogen) atoms. The van der Waals surface area contributed by atoms with Crippen LogP contribution in [0.15, 0.2) is 12.4 Å². The van der Waals surface area contributed by atoms with Crippen LogP contribution in [0.25, 0.3) is 0 Å². The smallest absolute Gasteiger partial charge is 0.232 e. The Bertz CT molecular complexity index is 316. The predicted octanol–water partition coefficient (Wildman–Crippen LogP) is 1.56. The van der Waals surface area contributed by atoms with Crippen LogP contribution in [-0.4, -0.2) is 40.1 Å². The summed E-state index contributed by atoms with van der Waals surface area (Å²) < 4.78 is 5.52. The summed E-state index contributed by atoms with van der Waals surface area (Å²) >= 11 is 0. The van der Waals surface area contributed by atoms with E-state index in [1.165, 1.54) is 6.20 Å². The average molecular weight is 238 g/mol. The van der Waals surface area contributed by atoms with E-state index in [2.05, 4.69) is 42.6 Å². The number of aromatic nitrogens is 2. The number of ether oxygens (including phenoxy) is 1. The lowest BCUT2D eigenvalue weighted by molar-refractivity contribution is 0.140. The summed E-state index contributed by atoms with van der Waals surface area (Å²) in [6.07, 6.45) is 3.04. The fourth-order valence-corrected chi connectivity index (χ4v) is 1.77. The van der Waals surface area contributed by atoms with Crippen molar-refractivity contribution in [3.05, 3.63) is 12.4 Å². The maximum Gasteiger partial charge on any atom is 0.232 e. The number of hydrogen-bond acceptors (Lipinski definition) is 5. The van der Waals surface area contributed by atoms with Crippen LogP contribution in [0.1, 0.15) is 27.7 Å². The van der Waals surface area contributed by atoms with Crippen LogP contribution in [0.2, 0.25) is 0 Å². The van der Waals surface area contributed by atoms with Gasteiger partial charge in [0.25, 0.3) is 0 Å². The van der Waals surface area contributed by atoms with Gasteiger partial charge in [0.2, 0.25) is 5.88 Å². The van der Waals surface area contributed by atoms with Crippen molar-refractivity contribution in [1.82, 2.24) is 14.9 Å². The van der Waals surface area contributed by atoms with Crippen molar-refractivity contribution >= 4 is 5.82 Å². The van der Waals surface area contributed by atoms with Gasteiger partial charge in [-0.3, -0.25) is 4.90 Å². The Labute approximate surface area is 103 Å². The summed E-state index contributed by atoms with van der Waals surface area (Å²) in [6.45, 7) is 10.2. The zero-order chi connectivity index (χ0) is 12.8. The highest BCUT2D eigenvalue weighted by atomic mass is 16.5. The summed E-state index contributed by atoms with van der Waals surface area (Å²) in [6, 6.07) is 1.02. The molecule has 0 atom stereocenters. The second kappa shape index (κ2) is 6.39. The third-order valence-corrected chi connectivity index (χ3v) is 2.57. The van der Waals surface area contributed by atoms with Crippen LogP contribution < -0.4 is 10.5 Å². The normalized spacial score (nSPS) is 11.5. The van der Waals surface area contributed by atoms with Crippen LogP contribution in [0, 0.1) is 0 Å². The first-order valence-electron chi connectivity index (χ1n) is 5.96. The molecular weight excluding hydrogens is 216 g/mol. The molecule has 0 saturated carbocycles. The van der Waals surface area contributed by atoms with E-state index in [0.29, 0.717) is 30.4 Å². The fourth-order valence-electron chi connectivity index (χ4n) is 1.77. The number of nitrogens with zero attached hydrogens (tertiary/aromatic N) is 3. The predicted molar refractivity (Wildman–Crippen MR) is 68.9 cm³/mol. The molecule has 0 spiro atoms. The standard InChI is InChI=1S/C12H22N4O/c1-9(2)16(10(3)4)5-6-17-12-8-14-11(13)7-15-12/h7-10H,5-6H2,1-4H3,(H2,13,14). The van der Waals surface area contributed by atoms with E-state index in [9.17, 15) is 0 Å². The lowest BCUT2D eigenvalue weighted by Gasteiger charge is -2.30. The molecule has 0 saturated heterocycles. The molecule has 0 unspecified atom stereocenters. The van der Waals surface area contributed by atoms with Gasteiger partial charge < -0.3 is 10.5 Å². The number of anilines is 1. The molecule has 1 aromatic rings. The average Bonchev–Trinajstić information content (AvgIpc) is 2.25. The number of hydrogen-bond donors (Lipinski definition) is 1. The zero-order valence-electron chi connectivity index (χ0n) is 11.1. The Morgan fingerprint density at radius 2 is 1.82 bits per heavy atom. The van der Waals surface area contributed by atoms with Gasteiger partial charge in [0.05, 0.1) is 12.4 Å². The molecule has 0 aromatic carbocycles. The minimum atomic E-state index is 0.406. The topological polar surface area (TPSA) is 64.3 Å². The fraction of sp³-hybridized carbons (Fsp3) is 0.667. The molecule has 1 aromatic heterocycles. The summed E-state index contributed by atoms with van der Waals surface area (Å²) in [4.78, 5) is 10.3. The third kappa shape index (κ3) is 4.56. The largest absolute Gasteiger partial charge is 0.475 e. The van der Waals surface area contributed by atoms with Crippen LogP contribution in [0.5, 0.6) is 5.88 Å². The molecule has 0 amide bonds. The Morgan fingerprint density at radius 3 is 2.29 bits per heavy atom. The molecule has 0 bridgehead atoms. The maximum atomic E-state index is 5.52. The zero-order valence-corrected chi connectivity index (χ0v) is 11.1. The van der Waals surface area contributed by atoms with E-state index in [1.807, 2.05) is 0 Å². The second-order valence-corrected chi connectivity index (χ2v) is 4.55. The Morgan fingerprint density at radius 1 is 1.18 bits per heavy atom. The lowest BCUT2D eigenvalue weighted by atomic mass is 10.2. The Kier molecular flexibility index (Phi) is 5.15. The van der Waals surface area contributed by atoms with Crippen molar-refractivity contribution in [2.24, 2.45) is 0 Å². The van der Waals surface area contributed by atoms with Gasteiger partial charge in [0.15, 0.2) is 0 Å². The SMILES string of the molecule is CC(C)N(CCOc1cnc(N)cn1)C(C)C. The van der Waals surface area contributed by atoms with E-state index in [0.717, 1.165) is 6.54 Å². The van der Waals surface area contributed by atoms with Gasteiger partial charge in [-0.15, -0.1) is 0 Å². The first-order valence-corrected chi connectivity index (χ1v) is 5.96. The van der Waals surface area contributed by atoms with Crippen LogP contribution in [0.3, 0.4) is 0 Å². The minimum absolute atomic E-state index is 0.406. The molecule has 0 aliphatic carbocycles. The monoisotopic (exact) mass is 238 g/mol. The highest BCUT2D eigenvalue weighted by Gasteiger charge is 2.12. The first-order chi connectivity index (χ1) is 8.00. The van der Waals surface area contributed by atoms with E-state index >= 15 is 0 Å². The van der Waals surface area contributed by atoms with Crippen molar-refractivity contribution in [1.29, 1.82) is 0 Å². The van der Waals surface area contributed by atoms with Gasteiger partial charge in [0, 0.05) is 18.6 Å². The van der Waals surface area contributed by atoms with Gasteiger partial charge in [-0.25, -0.2) is 9.97 Å². The first kappa shape index (κ1) is 13.7. The van der Waals surface area contributed by atoms with Crippen molar-refractivity contribution in [3.8, 4) is 5.88 Å². The number of rotatable bonds is 6. The molecule has 5 nitrogen and oxygen atoms in total. The van der Waals surface area contributed by atoms with E-state index in [1.54, 1.807) is 6.20 Å². The van der Waals surface area contributed by atoms with Gasteiger partial charge in [-0.05, 0) is 27.7 Å². The summed E-state index contributed by atoms with van der Waals surface area (Å²) in [5.74, 6) is 0.926. The Hall–Kier alpha value is -1.36. The van der Waals surface area contributed by atoms with E-state index < -0.39 is 0 Å². The molecule has 5 heteroatoms. The van der Waals surface area contributed by atoms with Crippen LogP contribution >= 0.6 is 0 Å². The Balaban J connectivity index is 2.38. The van der Waals surface area contributed by atoms with Crippen molar-refractivity contribution < 1.29 is 4.74 Å². The van der Waals surface area contributed by atoms with Crippen molar-refractivity contribution in [2.75, 3.05) is 18.9 Å². The highest BCUT2D eigenvalue weighted by molar-refractivity contribution is 5.24. The highest BCUT2D eigenvalue weighted by Crippen LogP contribution is 2.07. The quantitative estimate of drug-likeness (QED) is 0.814. The molecule has 0 fully saturated rings. The molecular formula is C12H22N4O. The lowest BCUT2D eigenvalue weighted by Crippen LogP contribution is -2.39. The molecule has 0 aliphatic rings.